The maximum Gasteiger partial charge on any atom is 0.330 e. The molecule has 2 heterocycles. The lowest BCUT2D eigenvalue weighted by Gasteiger charge is -2.05. The predicted molar refractivity (Wildman–Crippen MR) is 102 cm³/mol. The average molecular weight is 352 g/mol. The summed E-state index contributed by atoms with van der Waals surface area (Å²) in [6.45, 7) is 5.32. The van der Waals surface area contributed by atoms with Gasteiger partial charge >= 0.3 is 5.69 Å². The molecule has 0 bridgehead atoms. The number of carbonyl (C=O) groups is 1. The summed E-state index contributed by atoms with van der Waals surface area (Å²) >= 11 is 0. The third-order valence-corrected chi connectivity index (χ3v) is 4.37. The van der Waals surface area contributed by atoms with Gasteiger partial charge in [-0.25, -0.2) is 9.78 Å². The van der Waals surface area contributed by atoms with E-state index in [2.05, 4.69) is 10.3 Å². The standard InChI is InChI=1S/C20H24N4O2/c1-3-5-18(25)21-12-13-23-19-17(6-4-11-22-19)24(20(23)26)14-16-9-7-15(2)8-10-16/h4,6-11H,3,5,12-14H2,1-2H3,(H,21,25). The fourth-order valence-corrected chi connectivity index (χ4v) is 3.00. The molecule has 6 nitrogen and oxygen atoms in total. The van der Waals surface area contributed by atoms with Gasteiger partial charge in [0.25, 0.3) is 0 Å². The summed E-state index contributed by atoms with van der Waals surface area (Å²) in [6, 6.07) is 11.9. The number of nitrogens with one attached hydrogen (secondary N) is 1. The molecule has 0 spiro atoms. The van der Waals surface area contributed by atoms with E-state index in [0.29, 0.717) is 31.7 Å². The Bertz CT molecular complexity index is 954. The first kappa shape index (κ1) is 17.9. The molecule has 26 heavy (non-hydrogen) atoms. The number of fused-ring (bicyclic) bond motifs is 1. The number of aromatic nitrogens is 3. The highest BCUT2D eigenvalue weighted by atomic mass is 16.2. The molecule has 3 aromatic rings. The molecule has 0 unspecified atom stereocenters. The van der Waals surface area contributed by atoms with E-state index in [0.717, 1.165) is 17.5 Å². The van der Waals surface area contributed by atoms with E-state index in [1.165, 1.54) is 5.56 Å². The predicted octanol–water partition coefficient (Wildman–Crippen LogP) is 2.47. The van der Waals surface area contributed by atoms with Crippen molar-refractivity contribution in [2.75, 3.05) is 6.54 Å². The Morgan fingerprint density at radius 3 is 2.65 bits per heavy atom. The van der Waals surface area contributed by atoms with E-state index in [9.17, 15) is 9.59 Å². The lowest BCUT2D eigenvalue weighted by molar-refractivity contribution is -0.121. The fourth-order valence-electron chi connectivity index (χ4n) is 3.00. The van der Waals surface area contributed by atoms with Gasteiger partial charge in [-0.2, -0.15) is 0 Å². The normalized spacial score (nSPS) is 11.0. The largest absolute Gasteiger partial charge is 0.354 e. The van der Waals surface area contributed by atoms with Gasteiger partial charge in [0.15, 0.2) is 5.65 Å². The van der Waals surface area contributed by atoms with Crippen molar-refractivity contribution in [3.05, 3.63) is 64.2 Å². The van der Waals surface area contributed by atoms with E-state index in [1.54, 1.807) is 15.3 Å². The average Bonchev–Trinajstić information content (AvgIpc) is 2.90. The Kier molecular flexibility index (Phi) is 5.51. The number of benzene rings is 1. The number of carbonyl (C=O) groups excluding carboxylic acids is 1. The smallest absolute Gasteiger partial charge is 0.330 e. The van der Waals surface area contributed by atoms with Crippen LogP contribution in [0, 0.1) is 6.92 Å². The molecule has 0 aliphatic rings. The van der Waals surface area contributed by atoms with E-state index >= 15 is 0 Å². The lowest BCUT2D eigenvalue weighted by atomic mass is 10.1. The van der Waals surface area contributed by atoms with Gasteiger partial charge < -0.3 is 5.32 Å². The van der Waals surface area contributed by atoms with Crippen LogP contribution in [0.5, 0.6) is 0 Å². The van der Waals surface area contributed by atoms with Gasteiger partial charge in [-0.05, 0) is 31.0 Å². The highest BCUT2D eigenvalue weighted by Gasteiger charge is 2.14. The van der Waals surface area contributed by atoms with Crippen LogP contribution in [0.2, 0.25) is 0 Å². The minimum absolute atomic E-state index is 0.0110. The van der Waals surface area contributed by atoms with Crippen LogP contribution < -0.4 is 11.0 Å². The van der Waals surface area contributed by atoms with Crippen molar-refractivity contribution in [3.8, 4) is 0 Å². The van der Waals surface area contributed by atoms with Gasteiger partial charge in [0.2, 0.25) is 5.91 Å². The molecule has 1 N–H and O–H groups in total. The Morgan fingerprint density at radius 2 is 1.92 bits per heavy atom. The Morgan fingerprint density at radius 1 is 1.15 bits per heavy atom. The van der Waals surface area contributed by atoms with Crippen molar-refractivity contribution in [1.82, 2.24) is 19.4 Å². The second kappa shape index (κ2) is 7.99. The summed E-state index contributed by atoms with van der Waals surface area (Å²) < 4.78 is 3.37. The number of nitrogens with zero attached hydrogens (tertiary/aromatic N) is 3. The lowest BCUT2D eigenvalue weighted by Crippen LogP contribution is -2.31. The second-order valence-electron chi connectivity index (χ2n) is 6.45. The molecule has 1 aromatic carbocycles. The minimum atomic E-state index is -0.107. The number of hydrogen-bond donors (Lipinski definition) is 1. The second-order valence-corrected chi connectivity index (χ2v) is 6.45. The highest BCUT2D eigenvalue weighted by Crippen LogP contribution is 2.12. The van der Waals surface area contributed by atoms with Crippen LogP contribution in [0.25, 0.3) is 11.2 Å². The van der Waals surface area contributed by atoms with Crippen LogP contribution in [0.1, 0.15) is 30.9 Å². The van der Waals surface area contributed by atoms with Gasteiger partial charge in [-0.1, -0.05) is 36.8 Å². The first-order valence-electron chi connectivity index (χ1n) is 8.96. The summed E-state index contributed by atoms with van der Waals surface area (Å²) in [5.74, 6) is 0.0110. The van der Waals surface area contributed by atoms with E-state index in [1.807, 2.05) is 50.2 Å². The van der Waals surface area contributed by atoms with Crippen molar-refractivity contribution in [2.24, 2.45) is 0 Å². The molecular weight excluding hydrogens is 328 g/mol. The van der Waals surface area contributed by atoms with Crippen molar-refractivity contribution < 1.29 is 4.79 Å². The summed E-state index contributed by atoms with van der Waals surface area (Å²) in [5.41, 5.74) is 3.60. The SMILES string of the molecule is CCCC(=O)NCCn1c(=O)n(Cc2ccc(C)cc2)c2cccnc21. The molecule has 1 amide bonds. The van der Waals surface area contributed by atoms with Gasteiger partial charge in [-0.3, -0.25) is 13.9 Å². The Balaban J connectivity index is 1.87. The summed E-state index contributed by atoms with van der Waals surface area (Å²) in [4.78, 5) is 29.0. The molecule has 6 heteroatoms. The molecule has 2 aromatic heterocycles. The van der Waals surface area contributed by atoms with Gasteiger partial charge in [0.05, 0.1) is 12.1 Å². The van der Waals surface area contributed by atoms with Gasteiger partial charge in [-0.15, -0.1) is 0 Å². The number of amides is 1. The fraction of sp³-hybridized carbons (Fsp3) is 0.350. The molecule has 136 valence electrons. The Hall–Kier alpha value is -2.89. The van der Waals surface area contributed by atoms with Crippen LogP contribution in [0.4, 0.5) is 0 Å². The number of imidazole rings is 1. The van der Waals surface area contributed by atoms with Crippen LogP contribution >= 0.6 is 0 Å². The van der Waals surface area contributed by atoms with Gasteiger partial charge in [0, 0.05) is 25.7 Å². The van der Waals surface area contributed by atoms with Crippen LogP contribution in [-0.4, -0.2) is 26.6 Å². The summed E-state index contributed by atoms with van der Waals surface area (Å²) in [5, 5.41) is 2.85. The molecule has 0 saturated carbocycles. The quantitative estimate of drug-likeness (QED) is 0.710. The van der Waals surface area contributed by atoms with Crippen molar-refractivity contribution in [2.45, 2.75) is 39.8 Å². The summed E-state index contributed by atoms with van der Waals surface area (Å²) in [6.07, 6.45) is 3.00. The monoisotopic (exact) mass is 352 g/mol. The molecule has 0 aliphatic heterocycles. The summed E-state index contributed by atoms with van der Waals surface area (Å²) in [7, 11) is 0. The van der Waals surface area contributed by atoms with Crippen LogP contribution in [0.3, 0.4) is 0 Å². The van der Waals surface area contributed by atoms with Crippen LogP contribution in [0.15, 0.2) is 47.4 Å². The molecule has 0 radical (unpaired) electrons. The first-order valence-corrected chi connectivity index (χ1v) is 8.96. The molecular formula is C20H24N4O2. The maximum absolute atomic E-state index is 12.9. The molecule has 0 saturated heterocycles. The molecule has 0 aliphatic carbocycles. The van der Waals surface area contributed by atoms with Crippen molar-refractivity contribution >= 4 is 17.1 Å². The zero-order valence-corrected chi connectivity index (χ0v) is 15.2. The molecule has 0 fully saturated rings. The first-order chi connectivity index (χ1) is 12.6. The number of pyridine rings is 1. The zero-order valence-electron chi connectivity index (χ0n) is 15.2. The van der Waals surface area contributed by atoms with Crippen molar-refractivity contribution in [3.63, 3.8) is 0 Å². The number of hydrogen-bond acceptors (Lipinski definition) is 3. The Labute approximate surface area is 152 Å². The van der Waals surface area contributed by atoms with Crippen molar-refractivity contribution in [1.29, 1.82) is 0 Å². The van der Waals surface area contributed by atoms with Crippen LogP contribution in [-0.2, 0) is 17.9 Å². The third kappa shape index (κ3) is 3.85. The third-order valence-electron chi connectivity index (χ3n) is 4.37. The zero-order chi connectivity index (χ0) is 18.5. The molecule has 3 rings (SSSR count). The maximum atomic E-state index is 12.9. The number of rotatable bonds is 7. The number of aryl methyl sites for hydroxylation is 1. The van der Waals surface area contributed by atoms with E-state index in [4.69, 9.17) is 0 Å². The van der Waals surface area contributed by atoms with E-state index < -0.39 is 0 Å². The van der Waals surface area contributed by atoms with E-state index in [-0.39, 0.29) is 11.6 Å². The highest BCUT2D eigenvalue weighted by molar-refractivity contribution is 5.75. The topological polar surface area (TPSA) is 68.9 Å². The molecule has 0 atom stereocenters. The van der Waals surface area contributed by atoms with Gasteiger partial charge in [0.1, 0.15) is 0 Å². The minimum Gasteiger partial charge on any atom is -0.354 e.